The summed E-state index contributed by atoms with van der Waals surface area (Å²) in [6.45, 7) is 0.830. The summed E-state index contributed by atoms with van der Waals surface area (Å²) < 4.78 is 2.95. The number of hydrogen-bond donors (Lipinski definition) is 1. The molecule has 5 heteroatoms. The molecule has 0 fully saturated rings. The van der Waals surface area contributed by atoms with Gasteiger partial charge in [0.25, 0.3) is 0 Å². The maximum atomic E-state index is 9.42. The summed E-state index contributed by atoms with van der Waals surface area (Å²) in [5, 5.41) is 18.8. The van der Waals surface area contributed by atoms with Gasteiger partial charge in [0.05, 0.1) is 5.03 Å². The third kappa shape index (κ3) is 2.30. The second kappa shape index (κ2) is 5.47. The highest BCUT2D eigenvalue weighted by atomic mass is 79.9. The molecule has 1 aliphatic heterocycles. The van der Waals surface area contributed by atoms with Crippen molar-refractivity contribution in [2.24, 2.45) is 0 Å². The molecule has 0 atom stereocenters. The van der Waals surface area contributed by atoms with Gasteiger partial charge in [-0.15, -0.1) is 11.8 Å². The Morgan fingerprint density at radius 3 is 2.75 bits per heavy atom. The van der Waals surface area contributed by atoms with Crippen LogP contribution in [0.2, 0.25) is 0 Å². The molecule has 0 aliphatic carbocycles. The third-order valence-corrected chi connectivity index (χ3v) is 5.01. The highest BCUT2D eigenvalue weighted by molar-refractivity contribution is 9.10. The van der Waals surface area contributed by atoms with E-state index in [0.717, 1.165) is 39.3 Å². The number of rotatable bonds is 1. The van der Waals surface area contributed by atoms with E-state index in [-0.39, 0.29) is 0 Å². The van der Waals surface area contributed by atoms with Crippen LogP contribution in [0.25, 0.3) is 11.1 Å². The Morgan fingerprint density at radius 2 is 2.05 bits per heavy atom. The maximum absolute atomic E-state index is 9.42. The van der Waals surface area contributed by atoms with Crippen molar-refractivity contribution in [3.8, 4) is 17.2 Å². The van der Waals surface area contributed by atoms with Crippen molar-refractivity contribution < 1.29 is 0 Å². The van der Waals surface area contributed by atoms with E-state index in [0.29, 0.717) is 11.1 Å². The number of hydrogen-bond acceptors (Lipinski definition) is 3. The lowest BCUT2D eigenvalue weighted by Crippen LogP contribution is -2.27. The monoisotopic (exact) mass is 345 g/mol. The summed E-state index contributed by atoms with van der Waals surface area (Å²) in [5.74, 6) is 1.07. The van der Waals surface area contributed by atoms with E-state index >= 15 is 0 Å². The number of nitriles is 1. The van der Waals surface area contributed by atoms with Crippen LogP contribution >= 0.6 is 27.7 Å². The Hall–Kier alpha value is -1.51. The van der Waals surface area contributed by atoms with Gasteiger partial charge in [0, 0.05) is 22.3 Å². The zero-order valence-electron chi connectivity index (χ0n) is 10.7. The van der Waals surface area contributed by atoms with Crippen molar-refractivity contribution in [1.29, 1.82) is 10.7 Å². The first-order chi connectivity index (χ1) is 9.70. The molecular weight excluding hydrogens is 334 g/mol. The van der Waals surface area contributed by atoms with Crippen molar-refractivity contribution in [3.05, 3.63) is 45.9 Å². The minimum Gasteiger partial charge on any atom is -0.320 e. The molecule has 0 saturated heterocycles. The van der Waals surface area contributed by atoms with Crippen LogP contribution in [-0.2, 0) is 6.54 Å². The van der Waals surface area contributed by atoms with Crippen LogP contribution in [-0.4, -0.2) is 10.3 Å². The van der Waals surface area contributed by atoms with Gasteiger partial charge < -0.3 is 4.57 Å². The van der Waals surface area contributed by atoms with E-state index in [1.807, 2.05) is 34.9 Å². The number of pyridine rings is 1. The number of halogens is 1. The fourth-order valence-corrected chi connectivity index (χ4v) is 3.64. The minimum atomic E-state index is 0.329. The van der Waals surface area contributed by atoms with Gasteiger partial charge in [-0.3, -0.25) is 5.41 Å². The van der Waals surface area contributed by atoms with Gasteiger partial charge in [-0.25, -0.2) is 0 Å². The molecule has 100 valence electrons. The summed E-state index contributed by atoms with van der Waals surface area (Å²) in [5.41, 5.74) is 2.62. The molecule has 2 heterocycles. The summed E-state index contributed by atoms with van der Waals surface area (Å²) in [4.78, 5) is 0. The number of benzene rings is 1. The van der Waals surface area contributed by atoms with E-state index in [4.69, 9.17) is 5.41 Å². The molecule has 3 rings (SSSR count). The summed E-state index contributed by atoms with van der Waals surface area (Å²) in [6, 6.07) is 12.1. The van der Waals surface area contributed by atoms with Crippen LogP contribution in [0.3, 0.4) is 0 Å². The van der Waals surface area contributed by atoms with E-state index in [9.17, 15) is 5.26 Å². The zero-order chi connectivity index (χ0) is 14.1. The molecule has 0 bridgehead atoms. The summed E-state index contributed by atoms with van der Waals surface area (Å²) in [7, 11) is 0. The molecule has 0 spiro atoms. The number of nitrogens with zero attached hydrogens (tertiary/aromatic N) is 2. The number of fused-ring (bicyclic) bond motifs is 1. The minimum absolute atomic E-state index is 0.329. The second-order valence-electron chi connectivity index (χ2n) is 4.59. The van der Waals surface area contributed by atoms with Gasteiger partial charge in [-0.05, 0) is 30.2 Å². The van der Waals surface area contributed by atoms with Crippen molar-refractivity contribution in [1.82, 2.24) is 4.57 Å². The van der Waals surface area contributed by atoms with Gasteiger partial charge in [0.2, 0.25) is 0 Å². The standard InChI is InChI=1S/C15H12BrN3S/c16-11-4-2-10(3-5-11)12-8-14-19(6-1-7-20-14)15(18)13(12)9-17/h2-5,8,18H,1,6-7H2. The molecule has 2 aromatic rings. The first kappa shape index (κ1) is 13.5. The van der Waals surface area contributed by atoms with Gasteiger partial charge in [0.1, 0.15) is 17.1 Å². The highest BCUT2D eigenvalue weighted by Crippen LogP contribution is 2.30. The Balaban J connectivity index is 2.25. The molecule has 3 nitrogen and oxygen atoms in total. The average Bonchev–Trinajstić information content (AvgIpc) is 2.48. The van der Waals surface area contributed by atoms with Crippen molar-refractivity contribution in [3.63, 3.8) is 0 Å². The van der Waals surface area contributed by atoms with Crippen LogP contribution in [0, 0.1) is 16.7 Å². The van der Waals surface area contributed by atoms with E-state index < -0.39 is 0 Å². The topological polar surface area (TPSA) is 52.6 Å². The Morgan fingerprint density at radius 1 is 1.30 bits per heavy atom. The van der Waals surface area contributed by atoms with Gasteiger partial charge in [0.15, 0.2) is 0 Å². The van der Waals surface area contributed by atoms with Crippen molar-refractivity contribution >= 4 is 27.7 Å². The molecule has 0 radical (unpaired) electrons. The number of nitrogens with one attached hydrogen (secondary N) is 1. The SMILES string of the molecule is N#Cc1c(-c2ccc(Br)cc2)cc2n(c1=N)CCCS2. The molecule has 20 heavy (non-hydrogen) atoms. The van der Waals surface area contributed by atoms with Gasteiger partial charge in [-0.1, -0.05) is 28.1 Å². The second-order valence-corrected chi connectivity index (χ2v) is 6.62. The van der Waals surface area contributed by atoms with E-state index in [1.165, 1.54) is 0 Å². The lowest BCUT2D eigenvalue weighted by molar-refractivity contribution is 0.575. The van der Waals surface area contributed by atoms with Gasteiger partial charge in [-0.2, -0.15) is 5.26 Å². The van der Waals surface area contributed by atoms with Crippen LogP contribution < -0.4 is 5.49 Å². The molecule has 0 saturated carbocycles. The lowest BCUT2D eigenvalue weighted by Gasteiger charge is -2.20. The van der Waals surface area contributed by atoms with Crippen LogP contribution in [0.15, 0.2) is 39.8 Å². The van der Waals surface area contributed by atoms with Gasteiger partial charge >= 0.3 is 0 Å². The number of thioether (sulfide) groups is 1. The lowest BCUT2D eigenvalue weighted by atomic mass is 10.0. The Kier molecular flexibility index (Phi) is 3.68. The van der Waals surface area contributed by atoms with Crippen LogP contribution in [0.1, 0.15) is 12.0 Å². The largest absolute Gasteiger partial charge is 0.320 e. The van der Waals surface area contributed by atoms with Crippen molar-refractivity contribution in [2.45, 2.75) is 18.0 Å². The highest BCUT2D eigenvalue weighted by Gasteiger charge is 2.16. The molecule has 1 aliphatic rings. The zero-order valence-corrected chi connectivity index (χ0v) is 13.1. The van der Waals surface area contributed by atoms with Crippen molar-refractivity contribution in [2.75, 3.05) is 5.75 Å². The Bertz CT molecular complexity index is 756. The summed E-state index contributed by atoms with van der Waals surface area (Å²) in [6.07, 6.45) is 1.05. The number of aromatic nitrogens is 1. The van der Waals surface area contributed by atoms with Crippen LogP contribution in [0.4, 0.5) is 0 Å². The van der Waals surface area contributed by atoms with E-state index in [2.05, 4.69) is 22.0 Å². The average molecular weight is 346 g/mol. The fourth-order valence-electron chi connectivity index (χ4n) is 2.36. The first-order valence-corrected chi connectivity index (χ1v) is 8.10. The fraction of sp³-hybridized carbons (Fsp3) is 0.200. The molecule has 0 amide bonds. The molecule has 1 aromatic carbocycles. The maximum Gasteiger partial charge on any atom is 0.144 e. The predicted molar refractivity (Wildman–Crippen MR) is 83.5 cm³/mol. The third-order valence-electron chi connectivity index (χ3n) is 3.35. The molecule has 1 aromatic heterocycles. The molecule has 1 N–H and O–H groups in total. The van der Waals surface area contributed by atoms with Crippen LogP contribution in [0.5, 0.6) is 0 Å². The predicted octanol–water partition coefficient (Wildman–Crippen LogP) is 3.76. The molecule has 0 unspecified atom stereocenters. The normalized spacial score (nSPS) is 13.6. The summed E-state index contributed by atoms with van der Waals surface area (Å²) >= 11 is 5.18. The quantitative estimate of drug-likeness (QED) is 0.855. The van der Waals surface area contributed by atoms with E-state index in [1.54, 1.807) is 11.8 Å². The Labute approximate surface area is 129 Å². The molecular formula is C15H12BrN3S. The first-order valence-electron chi connectivity index (χ1n) is 6.32. The smallest absolute Gasteiger partial charge is 0.144 e.